The van der Waals surface area contributed by atoms with Crippen molar-refractivity contribution >= 4 is 35.0 Å². The molecule has 27 heavy (non-hydrogen) atoms. The molecule has 3 aromatic rings. The molecular weight excluding hydrogens is 374 g/mol. The van der Waals surface area contributed by atoms with Gasteiger partial charge in [0.1, 0.15) is 0 Å². The zero-order valence-electron chi connectivity index (χ0n) is 15.4. The summed E-state index contributed by atoms with van der Waals surface area (Å²) in [5.41, 5.74) is 5.36. The van der Waals surface area contributed by atoms with Crippen molar-refractivity contribution in [2.75, 3.05) is 11.1 Å². The van der Waals surface area contributed by atoms with E-state index in [1.807, 2.05) is 74.5 Å². The van der Waals surface area contributed by atoms with E-state index in [4.69, 9.17) is 11.6 Å². The van der Waals surface area contributed by atoms with E-state index in [-0.39, 0.29) is 11.2 Å². The van der Waals surface area contributed by atoms with E-state index in [0.29, 0.717) is 10.8 Å². The Labute approximate surface area is 170 Å². The molecule has 0 aliphatic heterocycles. The van der Waals surface area contributed by atoms with Crippen LogP contribution in [0.5, 0.6) is 0 Å². The summed E-state index contributed by atoms with van der Waals surface area (Å²) in [6, 6.07) is 24.1. The predicted molar refractivity (Wildman–Crippen MR) is 117 cm³/mol. The molecule has 0 unspecified atom stereocenters. The summed E-state index contributed by atoms with van der Waals surface area (Å²) in [5.74, 6) is 0.378. The SMILES string of the molecule is Cc1cccc(C)c1NC(=O)CS[C@H](c1ccccc1)c1ccc(Cl)cc1. The quantitative estimate of drug-likeness (QED) is 0.521. The van der Waals surface area contributed by atoms with Gasteiger partial charge in [0.2, 0.25) is 5.91 Å². The number of aryl methyl sites for hydroxylation is 2. The summed E-state index contributed by atoms with van der Waals surface area (Å²) in [6.45, 7) is 4.02. The zero-order valence-corrected chi connectivity index (χ0v) is 17.0. The minimum atomic E-state index is 0.00675. The van der Waals surface area contributed by atoms with Crippen LogP contribution in [0.4, 0.5) is 5.69 Å². The molecule has 3 aromatic carbocycles. The minimum absolute atomic E-state index is 0.00675. The maximum Gasteiger partial charge on any atom is 0.234 e. The highest BCUT2D eigenvalue weighted by Gasteiger charge is 2.17. The molecule has 2 nitrogen and oxygen atoms in total. The Balaban J connectivity index is 1.75. The zero-order chi connectivity index (χ0) is 19.2. The lowest BCUT2D eigenvalue weighted by molar-refractivity contribution is -0.113. The molecule has 0 radical (unpaired) electrons. The maximum atomic E-state index is 12.6. The van der Waals surface area contributed by atoms with Gasteiger partial charge in [-0.2, -0.15) is 0 Å². The lowest BCUT2D eigenvalue weighted by Gasteiger charge is -2.18. The molecule has 0 saturated carbocycles. The first-order chi connectivity index (χ1) is 13.0. The van der Waals surface area contributed by atoms with Crippen LogP contribution in [-0.4, -0.2) is 11.7 Å². The number of carbonyl (C=O) groups is 1. The summed E-state index contributed by atoms with van der Waals surface area (Å²) >= 11 is 7.66. The summed E-state index contributed by atoms with van der Waals surface area (Å²) in [5, 5.41) is 3.85. The fourth-order valence-electron chi connectivity index (χ4n) is 3.00. The Morgan fingerprint density at radius 1 is 0.889 bits per heavy atom. The highest BCUT2D eigenvalue weighted by molar-refractivity contribution is 8.00. The van der Waals surface area contributed by atoms with Crippen molar-refractivity contribution in [2.24, 2.45) is 0 Å². The number of para-hydroxylation sites is 1. The van der Waals surface area contributed by atoms with Crippen molar-refractivity contribution < 1.29 is 4.79 Å². The van der Waals surface area contributed by atoms with Crippen LogP contribution in [0.15, 0.2) is 72.8 Å². The Morgan fingerprint density at radius 2 is 1.48 bits per heavy atom. The van der Waals surface area contributed by atoms with Gasteiger partial charge >= 0.3 is 0 Å². The number of thioether (sulfide) groups is 1. The van der Waals surface area contributed by atoms with Crippen LogP contribution in [0, 0.1) is 13.8 Å². The Hall–Kier alpha value is -2.23. The number of carbonyl (C=O) groups excluding carboxylic acids is 1. The molecule has 3 rings (SSSR count). The summed E-state index contributed by atoms with van der Waals surface area (Å²) < 4.78 is 0. The molecule has 1 amide bonds. The third kappa shape index (κ3) is 5.15. The van der Waals surface area contributed by atoms with Gasteiger partial charge < -0.3 is 5.32 Å². The standard InChI is InChI=1S/C23H22ClNOS/c1-16-7-6-8-17(2)22(16)25-21(26)15-27-23(18-9-4-3-5-10-18)19-11-13-20(24)14-12-19/h3-14,23H,15H2,1-2H3,(H,25,26)/t23-/m1/s1. The molecule has 0 aliphatic carbocycles. The van der Waals surface area contributed by atoms with Gasteiger partial charge in [-0.1, -0.05) is 72.3 Å². The molecular formula is C23H22ClNOS. The Kier molecular flexibility index (Phi) is 6.59. The molecule has 138 valence electrons. The Bertz CT molecular complexity index is 889. The molecule has 0 bridgehead atoms. The number of nitrogens with one attached hydrogen (secondary N) is 1. The van der Waals surface area contributed by atoms with E-state index in [0.717, 1.165) is 22.4 Å². The number of anilines is 1. The average molecular weight is 396 g/mol. The average Bonchev–Trinajstić information content (AvgIpc) is 2.67. The van der Waals surface area contributed by atoms with E-state index in [1.54, 1.807) is 11.8 Å². The van der Waals surface area contributed by atoms with Gasteiger partial charge in [-0.3, -0.25) is 4.79 Å². The second-order valence-electron chi connectivity index (χ2n) is 6.47. The van der Waals surface area contributed by atoms with E-state index < -0.39 is 0 Å². The maximum absolute atomic E-state index is 12.6. The summed E-state index contributed by atoms with van der Waals surface area (Å²) in [7, 11) is 0. The van der Waals surface area contributed by atoms with Crippen LogP contribution in [0.25, 0.3) is 0 Å². The fourth-order valence-corrected chi connectivity index (χ4v) is 4.21. The van der Waals surface area contributed by atoms with E-state index in [9.17, 15) is 4.79 Å². The van der Waals surface area contributed by atoms with Crippen molar-refractivity contribution in [1.29, 1.82) is 0 Å². The van der Waals surface area contributed by atoms with Crippen LogP contribution in [0.3, 0.4) is 0 Å². The predicted octanol–water partition coefficient (Wildman–Crippen LogP) is 6.42. The van der Waals surface area contributed by atoms with Gasteiger partial charge in [0.25, 0.3) is 0 Å². The topological polar surface area (TPSA) is 29.1 Å². The second kappa shape index (κ2) is 9.12. The fraction of sp³-hybridized carbons (Fsp3) is 0.174. The first-order valence-electron chi connectivity index (χ1n) is 8.82. The van der Waals surface area contributed by atoms with Crippen molar-refractivity contribution in [1.82, 2.24) is 0 Å². The van der Waals surface area contributed by atoms with Gasteiger partial charge in [0.15, 0.2) is 0 Å². The number of amides is 1. The molecule has 4 heteroatoms. The van der Waals surface area contributed by atoms with Crippen LogP contribution in [-0.2, 0) is 4.79 Å². The minimum Gasteiger partial charge on any atom is -0.325 e. The van der Waals surface area contributed by atoms with E-state index in [1.165, 1.54) is 5.56 Å². The molecule has 1 N–H and O–H groups in total. The normalized spacial score (nSPS) is 11.8. The first kappa shape index (κ1) is 19.5. The van der Waals surface area contributed by atoms with Crippen molar-refractivity contribution in [3.05, 3.63) is 100 Å². The lowest BCUT2D eigenvalue weighted by Crippen LogP contribution is -2.16. The van der Waals surface area contributed by atoms with Crippen molar-refractivity contribution in [2.45, 2.75) is 19.1 Å². The van der Waals surface area contributed by atoms with E-state index in [2.05, 4.69) is 17.4 Å². The highest BCUT2D eigenvalue weighted by atomic mass is 35.5. The van der Waals surface area contributed by atoms with Gasteiger partial charge in [0, 0.05) is 10.7 Å². The monoisotopic (exact) mass is 395 g/mol. The molecule has 0 aliphatic rings. The third-order valence-electron chi connectivity index (χ3n) is 4.40. The van der Waals surface area contributed by atoms with Gasteiger partial charge in [-0.25, -0.2) is 0 Å². The van der Waals surface area contributed by atoms with Crippen LogP contribution in [0.2, 0.25) is 5.02 Å². The van der Waals surface area contributed by atoms with Crippen LogP contribution >= 0.6 is 23.4 Å². The lowest BCUT2D eigenvalue weighted by atomic mass is 10.0. The van der Waals surface area contributed by atoms with Crippen molar-refractivity contribution in [3.8, 4) is 0 Å². The number of benzene rings is 3. The number of rotatable bonds is 6. The molecule has 1 atom stereocenters. The first-order valence-corrected chi connectivity index (χ1v) is 10.3. The number of halogens is 1. The third-order valence-corrected chi connectivity index (χ3v) is 5.96. The summed E-state index contributed by atoms with van der Waals surface area (Å²) in [6.07, 6.45) is 0. The van der Waals surface area contributed by atoms with Crippen molar-refractivity contribution in [3.63, 3.8) is 0 Å². The second-order valence-corrected chi connectivity index (χ2v) is 8.00. The molecule has 0 saturated heterocycles. The number of hydrogen-bond donors (Lipinski definition) is 1. The van der Waals surface area contributed by atoms with Gasteiger partial charge in [-0.15, -0.1) is 11.8 Å². The smallest absolute Gasteiger partial charge is 0.234 e. The summed E-state index contributed by atoms with van der Waals surface area (Å²) in [4.78, 5) is 12.6. The highest BCUT2D eigenvalue weighted by Crippen LogP contribution is 2.36. The molecule has 0 aromatic heterocycles. The number of hydrogen-bond acceptors (Lipinski definition) is 2. The molecule has 0 heterocycles. The van der Waals surface area contributed by atoms with Gasteiger partial charge in [-0.05, 0) is 48.2 Å². The van der Waals surface area contributed by atoms with Crippen LogP contribution < -0.4 is 5.32 Å². The molecule has 0 spiro atoms. The van der Waals surface area contributed by atoms with Crippen LogP contribution in [0.1, 0.15) is 27.5 Å². The van der Waals surface area contributed by atoms with Gasteiger partial charge in [0.05, 0.1) is 11.0 Å². The van der Waals surface area contributed by atoms with E-state index >= 15 is 0 Å². The Morgan fingerprint density at radius 3 is 2.11 bits per heavy atom. The molecule has 0 fully saturated rings. The largest absolute Gasteiger partial charge is 0.325 e.